The van der Waals surface area contributed by atoms with Crippen molar-refractivity contribution in [3.63, 3.8) is 0 Å². The maximum atomic E-state index is 13.7. The summed E-state index contributed by atoms with van der Waals surface area (Å²) in [6, 6.07) is 10.9. The third-order valence-electron chi connectivity index (χ3n) is 4.65. The number of nitrogens with one attached hydrogen (secondary N) is 2. The summed E-state index contributed by atoms with van der Waals surface area (Å²) in [4.78, 5) is 24.5. The largest absolute Gasteiger partial charge is 0.449 e. The van der Waals surface area contributed by atoms with Crippen molar-refractivity contribution < 1.29 is 35.9 Å². The minimum Gasteiger partial charge on any atom is -0.449 e. The van der Waals surface area contributed by atoms with Crippen LogP contribution in [-0.4, -0.2) is 26.4 Å². The molecule has 0 aliphatic heterocycles. The van der Waals surface area contributed by atoms with Crippen LogP contribution in [0.5, 0.6) is 0 Å². The number of hydrogen-bond donors (Lipinski definition) is 2. The third-order valence-corrected chi connectivity index (χ3v) is 6.17. The van der Waals surface area contributed by atoms with Gasteiger partial charge in [-0.3, -0.25) is 9.52 Å². The first-order valence-corrected chi connectivity index (χ1v) is 11.3. The fraction of sp³-hybridized carbons (Fsp3) is 0.130. The van der Waals surface area contributed by atoms with Gasteiger partial charge < -0.3 is 10.1 Å². The Labute approximate surface area is 193 Å². The van der Waals surface area contributed by atoms with E-state index in [0.717, 1.165) is 36.4 Å². The molecule has 0 saturated heterocycles. The van der Waals surface area contributed by atoms with Gasteiger partial charge in [-0.2, -0.15) is 0 Å². The van der Waals surface area contributed by atoms with E-state index in [1.807, 2.05) is 0 Å². The SMILES string of the molecule is Cc1ccc(C(=O)OC(C)C(=O)Nc2cc(F)ccc2F)cc1S(=O)(=O)Nc1ccc(F)cc1. The Morgan fingerprint density at radius 3 is 2.24 bits per heavy atom. The lowest BCUT2D eigenvalue weighted by Gasteiger charge is -2.15. The molecule has 1 unspecified atom stereocenters. The second kappa shape index (κ2) is 9.96. The van der Waals surface area contributed by atoms with E-state index >= 15 is 0 Å². The van der Waals surface area contributed by atoms with E-state index in [2.05, 4.69) is 10.0 Å². The molecule has 1 amide bonds. The van der Waals surface area contributed by atoms with Crippen LogP contribution in [0.25, 0.3) is 0 Å². The number of benzene rings is 3. The average molecular weight is 492 g/mol. The minimum absolute atomic E-state index is 0.114. The summed E-state index contributed by atoms with van der Waals surface area (Å²) >= 11 is 0. The van der Waals surface area contributed by atoms with E-state index in [1.165, 1.54) is 38.1 Å². The summed E-state index contributed by atoms with van der Waals surface area (Å²) in [6.07, 6.45) is -1.41. The fourth-order valence-electron chi connectivity index (χ4n) is 2.85. The Morgan fingerprint density at radius 1 is 0.912 bits per heavy atom. The van der Waals surface area contributed by atoms with Crippen molar-refractivity contribution in [2.75, 3.05) is 10.0 Å². The quantitative estimate of drug-likeness (QED) is 0.476. The van der Waals surface area contributed by atoms with Crippen molar-refractivity contribution in [3.05, 3.63) is 89.2 Å². The molecule has 0 aliphatic rings. The van der Waals surface area contributed by atoms with Crippen molar-refractivity contribution in [2.24, 2.45) is 0 Å². The van der Waals surface area contributed by atoms with E-state index in [9.17, 15) is 31.2 Å². The van der Waals surface area contributed by atoms with Crippen LogP contribution in [0.4, 0.5) is 24.5 Å². The molecular weight excluding hydrogens is 473 g/mol. The van der Waals surface area contributed by atoms with Gasteiger partial charge in [-0.25, -0.2) is 26.4 Å². The van der Waals surface area contributed by atoms with E-state index in [1.54, 1.807) is 0 Å². The number of hydrogen-bond acceptors (Lipinski definition) is 5. The second-order valence-corrected chi connectivity index (χ2v) is 8.90. The topological polar surface area (TPSA) is 102 Å². The highest BCUT2D eigenvalue weighted by Crippen LogP contribution is 2.22. The summed E-state index contributed by atoms with van der Waals surface area (Å²) < 4.78 is 73.0. The third kappa shape index (κ3) is 5.93. The predicted molar refractivity (Wildman–Crippen MR) is 118 cm³/mol. The van der Waals surface area contributed by atoms with E-state index in [-0.39, 0.29) is 16.1 Å². The number of carbonyl (C=O) groups excluding carboxylic acids is 2. The Morgan fingerprint density at radius 2 is 1.56 bits per heavy atom. The fourth-order valence-corrected chi connectivity index (χ4v) is 4.18. The number of amides is 1. The number of rotatable bonds is 7. The summed E-state index contributed by atoms with van der Waals surface area (Å²) in [5.74, 6) is -4.13. The smallest absolute Gasteiger partial charge is 0.338 e. The molecule has 0 aliphatic carbocycles. The van der Waals surface area contributed by atoms with Crippen LogP contribution >= 0.6 is 0 Å². The zero-order valence-corrected chi connectivity index (χ0v) is 18.8. The first kappa shape index (κ1) is 24.8. The second-order valence-electron chi connectivity index (χ2n) is 7.25. The Balaban J connectivity index is 1.75. The molecule has 0 heterocycles. The van der Waals surface area contributed by atoms with Gasteiger partial charge in [0, 0.05) is 11.8 Å². The number of ether oxygens (including phenoxy) is 1. The predicted octanol–water partition coefficient (Wildman–Crippen LogP) is 4.40. The zero-order valence-electron chi connectivity index (χ0n) is 17.9. The normalized spacial score (nSPS) is 12.0. The zero-order chi connectivity index (χ0) is 25.0. The standard InChI is InChI=1S/C23H19F3N2O5S/c1-13-3-4-15(11-21(13)34(31,32)28-18-8-5-16(24)6-9-18)23(30)33-14(2)22(29)27-20-12-17(25)7-10-19(20)26/h3-12,14,28H,1-2H3,(H,27,29). The van der Waals surface area contributed by atoms with Crippen LogP contribution < -0.4 is 10.0 Å². The first-order valence-electron chi connectivity index (χ1n) is 9.82. The molecule has 0 spiro atoms. The van der Waals surface area contributed by atoms with Gasteiger partial charge in [0.25, 0.3) is 15.9 Å². The minimum atomic E-state index is -4.14. The highest BCUT2D eigenvalue weighted by Gasteiger charge is 2.23. The van der Waals surface area contributed by atoms with Crippen LogP contribution in [0, 0.1) is 24.4 Å². The molecule has 3 rings (SSSR count). The summed E-state index contributed by atoms with van der Waals surface area (Å²) in [5, 5.41) is 2.12. The van der Waals surface area contributed by atoms with E-state index in [4.69, 9.17) is 4.74 Å². The number of carbonyl (C=O) groups is 2. The van der Waals surface area contributed by atoms with Crippen LogP contribution in [-0.2, 0) is 19.6 Å². The number of esters is 1. The Bertz CT molecular complexity index is 1350. The number of halogens is 3. The number of aryl methyl sites for hydroxylation is 1. The van der Waals surface area contributed by atoms with E-state index in [0.29, 0.717) is 5.56 Å². The van der Waals surface area contributed by atoms with Crippen LogP contribution in [0.2, 0.25) is 0 Å². The maximum Gasteiger partial charge on any atom is 0.338 e. The molecule has 7 nitrogen and oxygen atoms in total. The van der Waals surface area contributed by atoms with Crippen molar-refractivity contribution in [3.8, 4) is 0 Å². The molecule has 0 saturated carbocycles. The van der Waals surface area contributed by atoms with Crippen molar-refractivity contribution in [2.45, 2.75) is 24.8 Å². The van der Waals surface area contributed by atoms with Gasteiger partial charge in [0.05, 0.1) is 16.1 Å². The highest BCUT2D eigenvalue weighted by atomic mass is 32.2. The lowest BCUT2D eigenvalue weighted by atomic mass is 10.1. The van der Waals surface area contributed by atoms with Crippen LogP contribution in [0.15, 0.2) is 65.6 Å². The van der Waals surface area contributed by atoms with Gasteiger partial charge in [0.2, 0.25) is 0 Å². The molecule has 3 aromatic carbocycles. The molecule has 0 aromatic heterocycles. The monoisotopic (exact) mass is 492 g/mol. The molecule has 0 radical (unpaired) electrons. The molecule has 3 aromatic rings. The maximum absolute atomic E-state index is 13.7. The van der Waals surface area contributed by atoms with Gasteiger partial charge >= 0.3 is 5.97 Å². The summed E-state index contributed by atoms with van der Waals surface area (Å²) in [5.41, 5.74) is -0.160. The molecule has 178 valence electrons. The molecule has 11 heteroatoms. The Kier molecular flexibility index (Phi) is 7.26. The molecule has 0 bridgehead atoms. The van der Waals surface area contributed by atoms with Crippen molar-refractivity contribution in [1.82, 2.24) is 0 Å². The molecule has 0 fully saturated rings. The van der Waals surface area contributed by atoms with Crippen molar-refractivity contribution in [1.29, 1.82) is 0 Å². The van der Waals surface area contributed by atoms with Crippen LogP contribution in [0.1, 0.15) is 22.8 Å². The molecule has 2 N–H and O–H groups in total. The first-order chi connectivity index (χ1) is 16.0. The van der Waals surface area contributed by atoms with Gasteiger partial charge in [0.1, 0.15) is 17.5 Å². The number of sulfonamides is 1. The Hall–Kier alpha value is -3.86. The number of anilines is 2. The van der Waals surface area contributed by atoms with Crippen molar-refractivity contribution >= 4 is 33.3 Å². The highest BCUT2D eigenvalue weighted by molar-refractivity contribution is 7.92. The van der Waals surface area contributed by atoms with Gasteiger partial charge in [0.15, 0.2) is 6.10 Å². The summed E-state index contributed by atoms with van der Waals surface area (Å²) in [7, 11) is -4.14. The van der Waals surface area contributed by atoms with Gasteiger partial charge in [-0.05, 0) is 67.9 Å². The van der Waals surface area contributed by atoms with Crippen LogP contribution in [0.3, 0.4) is 0 Å². The lowest BCUT2D eigenvalue weighted by Crippen LogP contribution is -2.30. The average Bonchev–Trinajstić information content (AvgIpc) is 2.77. The molecule has 34 heavy (non-hydrogen) atoms. The lowest BCUT2D eigenvalue weighted by molar-refractivity contribution is -0.123. The van der Waals surface area contributed by atoms with Gasteiger partial charge in [-0.15, -0.1) is 0 Å². The molecule has 1 atom stereocenters. The summed E-state index contributed by atoms with van der Waals surface area (Å²) in [6.45, 7) is 2.73. The van der Waals surface area contributed by atoms with E-state index < -0.39 is 51.1 Å². The molecular formula is C23H19F3N2O5S. The van der Waals surface area contributed by atoms with Gasteiger partial charge in [-0.1, -0.05) is 6.07 Å².